The summed E-state index contributed by atoms with van der Waals surface area (Å²) in [5, 5.41) is 10.4. The molecule has 2 fully saturated rings. The first-order valence-electron chi connectivity index (χ1n) is 6.70. The van der Waals surface area contributed by atoms with E-state index in [4.69, 9.17) is 4.74 Å². The van der Waals surface area contributed by atoms with Crippen LogP contribution in [0, 0.1) is 23.2 Å². The maximum Gasteiger partial charge on any atom is 0.0599 e. The number of methoxy groups -OCH3 is 1. The Bertz CT molecular complexity index is 253. The lowest BCUT2D eigenvalue weighted by Crippen LogP contribution is -2.53. The maximum atomic E-state index is 10.4. The van der Waals surface area contributed by atoms with Gasteiger partial charge in [-0.15, -0.1) is 0 Å². The molecule has 0 amide bonds. The van der Waals surface area contributed by atoms with Crippen LogP contribution < -0.4 is 0 Å². The molecule has 0 aromatic heterocycles. The molecule has 6 atom stereocenters. The van der Waals surface area contributed by atoms with Crippen molar-refractivity contribution in [1.29, 1.82) is 0 Å². The average Bonchev–Trinajstić information content (AvgIpc) is 2.23. The molecule has 2 saturated carbocycles. The smallest absolute Gasteiger partial charge is 0.0599 e. The first-order valence-corrected chi connectivity index (χ1v) is 6.70. The molecule has 2 rings (SSSR count). The highest BCUT2D eigenvalue weighted by Crippen LogP contribution is 2.54. The van der Waals surface area contributed by atoms with Crippen molar-refractivity contribution in [2.45, 2.75) is 58.7 Å². The van der Waals surface area contributed by atoms with Gasteiger partial charge >= 0.3 is 0 Å². The zero-order chi connectivity index (χ0) is 11.9. The quantitative estimate of drug-likeness (QED) is 0.745. The van der Waals surface area contributed by atoms with Crippen molar-refractivity contribution >= 4 is 0 Å². The third kappa shape index (κ3) is 1.80. The zero-order valence-electron chi connectivity index (χ0n) is 11.1. The number of hydrogen-bond acceptors (Lipinski definition) is 2. The lowest BCUT2D eigenvalue weighted by atomic mass is 9.53. The van der Waals surface area contributed by atoms with E-state index < -0.39 is 0 Å². The topological polar surface area (TPSA) is 29.5 Å². The van der Waals surface area contributed by atoms with E-state index >= 15 is 0 Å². The average molecular weight is 226 g/mol. The van der Waals surface area contributed by atoms with Crippen molar-refractivity contribution in [3.63, 3.8) is 0 Å². The molecule has 0 aliphatic heterocycles. The van der Waals surface area contributed by atoms with E-state index in [0.29, 0.717) is 23.9 Å². The van der Waals surface area contributed by atoms with E-state index in [1.165, 1.54) is 6.42 Å². The van der Waals surface area contributed by atoms with Gasteiger partial charge < -0.3 is 9.84 Å². The molecule has 2 aliphatic carbocycles. The van der Waals surface area contributed by atoms with Crippen LogP contribution in [0.4, 0.5) is 0 Å². The van der Waals surface area contributed by atoms with Crippen LogP contribution in [-0.4, -0.2) is 24.4 Å². The molecule has 2 aliphatic rings. The Morgan fingerprint density at radius 3 is 2.56 bits per heavy atom. The fourth-order valence-electron chi connectivity index (χ4n) is 4.17. The van der Waals surface area contributed by atoms with Gasteiger partial charge in [0.05, 0.1) is 12.2 Å². The minimum Gasteiger partial charge on any atom is -0.393 e. The zero-order valence-corrected chi connectivity index (χ0v) is 11.1. The number of hydrogen-bond donors (Lipinski definition) is 1. The fourth-order valence-corrected chi connectivity index (χ4v) is 4.17. The molecule has 0 radical (unpaired) electrons. The molecule has 1 unspecified atom stereocenters. The molecular formula is C14H26O2. The third-order valence-electron chi connectivity index (χ3n) is 5.38. The fraction of sp³-hybridized carbons (Fsp3) is 1.00. The summed E-state index contributed by atoms with van der Waals surface area (Å²) in [5.41, 5.74) is 0.140. The first kappa shape index (κ1) is 12.4. The van der Waals surface area contributed by atoms with Gasteiger partial charge in [0, 0.05) is 7.11 Å². The second kappa shape index (κ2) is 4.30. The predicted octanol–water partition coefficient (Wildman–Crippen LogP) is 2.84. The summed E-state index contributed by atoms with van der Waals surface area (Å²) in [4.78, 5) is 0. The molecule has 94 valence electrons. The SMILES string of the molecule is COC1CC[C@]2(C)[C@H](O)C[C@@H](C)C[C@H]2[C@@H]1C. The van der Waals surface area contributed by atoms with Crippen LogP contribution in [0.1, 0.15) is 46.5 Å². The van der Waals surface area contributed by atoms with Gasteiger partial charge in [-0.25, -0.2) is 0 Å². The molecular weight excluding hydrogens is 200 g/mol. The molecule has 0 aromatic carbocycles. The molecule has 2 heteroatoms. The van der Waals surface area contributed by atoms with Crippen LogP contribution >= 0.6 is 0 Å². The Labute approximate surface area is 99.4 Å². The molecule has 0 spiro atoms. The lowest BCUT2D eigenvalue weighted by molar-refractivity contribution is -0.138. The number of aliphatic hydroxyl groups excluding tert-OH is 1. The predicted molar refractivity (Wildman–Crippen MR) is 65.2 cm³/mol. The van der Waals surface area contributed by atoms with Crippen molar-refractivity contribution < 1.29 is 9.84 Å². The van der Waals surface area contributed by atoms with Gasteiger partial charge in [-0.2, -0.15) is 0 Å². The monoisotopic (exact) mass is 226 g/mol. The van der Waals surface area contributed by atoms with Crippen molar-refractivity contribution in [2.75, 3.05) is 7.11 Å². The number of aliphatic hydroxyl groups is 1. The molecule has 0 saturated heterocycles. The standard InChI is InChI=1S/C14H26O2/c1-9-7-11-10(2)12(16-4)5-6-14(11,3)13(15)8-9/h9-13,15H,5-8H2,1-4H3/t9-,10-,11-,12?,13+,14-/m0/s1. The van der Waals surface area contributed by atoms with Crippen LogP contribution in [0.3, 0.4) is 0 Å². The first-order chi connectivity index (χ1) is 7.49. The minimum absolute atomic E-state index is 0.110. The van der Waals surface area contributed by atoms with Gasteiger partial charge in [0.1, 0.15) is 0 Å². The van der Waals surface area contributed by atoms with E-state index in [9.17, 15) is 5.11 Å². The number of rotatable bonds is 1. The summed E-state index contributed by atoms with van der Waals surface area (Å²) < 4.78 is 5.59. The van der Waals surface area contributed by atoms with Gasteiger partial charge in [0.2, 0.25) is 0 Å². The van der Waals surface area contributed by atoms with Gasteiger partial charge in [-0.05, 0) is 48.9 Å². The number of fused-ring (bicyclic) bond motifs is 1. The Morgan fingerprint density at radius 2 is 1.94 bits per heavy atom. The van der Waals surface area contributed by atoms with E-state index in [1.54, 1.807) is 0 Å². The lowest BCUT2D eigenvalue weighted by Gasteiger charge is -2.54. The van der Waals surface area contributed by atoms with Gasteiger partial charge in [0.15, 0.2) is 0 Å². The molecule has 16 heavy (non-hydrogen) atoms. The molecule has 1 N–H and O–H groups in total. The van der Waals surface area contributed by atoms with Crippen LogP contribution in [0.15, 0.2) is 0 Å². The number of ether oxygens (including phenoxy) is 1. The van der Waals surface area contributed by atoms with Crippen LogP contribution in [-0.2, 0) is 4.74 Å². The van der Waals surface area contributed by atoms with Gasteiger partial charge in [0.25, 0.3) is 0 Å². The molecule has 0 bridgehead atoms. The summed E-state index contributed by atoms with van der Waals surface area (Å²) >= 11 is 0. The van der Waals surface area contributed by atoms with Crippen LogP contribution in [0.5, 0.6) is 0 Å². The van der Waals surface area contributed by atoms with E-state index in [-0.39, 0.29) is 11.5 Å². The van der Waals surface area contributed by atoms with Crippen molar-refractivity contribution in [3.8, 4) is 0 Å². The Kier molecular flexibility index (Phi) is 3.33. The Morgan fingerprint density at radius 1 is 1.25 bits per heavy atom. The van der Waals surface area contributed by atoms with E-state index in [1.807, 2.05) is 7.11 Å². The Balaban J connectivity index is 2.21. The second-order valence-electron chi connectivity index (χ2n) is 6.38. The van der Waals surface area contributed by atoms with Gasteiger partial charge in [-0.3, -0.25) is 0 Å². The van der Waals surface area contributed by atoms with Crippen molar-refractivity contribution in [2.24, 2.45) is 23.2 Å². The molecule has 2 nitrogen and oxygen atoms in total. The molecule has 0 aromatic rings. The summed E-state index contributed by atoms with van der Waals surface area (Å²) in [7, 11) is 1.83. The summed E-state index contributed by atoms with van der Waals surface area (Å²) in [5.74, 6) is 1.87. The maximum absolute atomic E-state index is 10.4. The summed E-state index contributed by atoms with van der Waals surface area (Å²) in [6.07, 6.45) is 4.76. The highest BCUT2D eigenvalue weighted by Gasteiger charge is 2.51. The normalized spacial score (nSPS) is 53.4. The largest absolute Gasteiger partial charge is 0.393 e. The van der Waals surface area contributed by atoms with Gasteiger partial charge in [-0.1, -0.05) is 20.8 Å². The van der Waals surface area contributed by atoms with Crippen molar-refractivity contribution in [1.82, 2.24) is 0 Å². The highest BCUT2D eigenvalue weighted by molar-refractivity contribution is 5.01. The minimum atomic E-state index is -0.110. The van der Waals surface area contributed by atoms with E-state index in [0.717, 1.165) is 19.3 Å². The highest BCUT2D eigenvalue weighted by atomic mass is 16.5. The second-order valence-corrected chi connectivity index (χ2v) is 6.38. The van der Waals surface area contributed by atoms with Crippen LogP contribution in [0.2, 0.25) is 0 Å². The molecule has 0 heterocycles. The third-order valence-corrected chi connectivity index (χ3v) is 5.38. The Hall–Kier alpha value is -0.0800. The van der Waals surface area contributed by atoms with Crippen molar-refractivity contribution in [3.05, 3.63) is 0 Å². The van der Waals surface area contributed by atoms with E-state index in [2.05, 4.69) is 20.8 Å². The summed E-state index contributed by atoms with van der Waals surface area (Å²) in [6.45, 7) is 6.86. The van der Waals surface area contributed by atoms with Crippen LogP contribution in [0.25, 0.3) is 0 Å². The summed E-state index contributed by atoms with van der Waals surface area (Å²) in [6, 6.07) is 0.